The molecule has 5 heteroatoms. The Balaban J connectivity index is 1.71. The molecule has 0 bridgehead atoms. The standard InChI is InChI=1S/C23H20N2O3/c1-23(2)21(26)20(18-11-14(13-24)7-10-19(18)28-23)25-22(27)17-9-8-15-5-3-4-6-16(15)12-17/h3-12,20-21,26H,1-2H3,(H,25,27)/t20?,21-/m0/s1. The van der Waals surface area contributed by atoms with Gasteiger partial charge in [-0.15, -0.1) is 0 Å². The molecule has 2 N–H and O–H groups in total. The van der Waals surface area contributed by atoms with Crippen molar-refractivity contribution in [2.45, 2.75) is 31.6 Å². The van der Waals surface area contributed by atoms with Gasteiger partial charge < -0.3 is 15.2 Å². The first-order chi connectivity index (χ1) is 13.4. The van der Waals surface area contributed by atoms with E-state index in [1.165, 1.54) is 0 Å². The second kappa shape index (κ2) is 6.66. The van der Waals surface area contributed by atoms with E-state index >= 15 is 0 Å². The van der Waals surface area contributed by atoms with Crippen LogP contribution in [-0.2, 0) is 0 Å². The third-order valence-electron chi connectivity index (χ3n) is 5.17. The van der Waals surface area contributed by atoms with E-state index in [0.717, 1.165) is 10.8 Å². The van der Waals surface area contributed by atoms with Crippen LogP contribution in [-0.4, -0.2) is 22.7 Å². The molecule has 1 aliphatic rings. The van der Waals surface area contributed by atoms with Gasteiger partial charge in [0.1, 0.15) is 17.5 Å². The van der Waals surface area contributed by atoms with Crippen LogP contribution in [0.2, 0.25) is 0 Å². The van der Waals surface area contributed by atoms with Crippen LogP contribution in [0.4, 0.5) is 0 Å². The van der Waals surface area contributed by atoms with Gasteiger partial charge in [0.25, 0.3) is 5.91 Å². The minimum absolute atomic E-state index is 0.291. The average molecular weight is 372 g/mol. The van der Waals surface area contributed by atoms with Crippen LogP contribution in [0.15, 0.2) is 60.7 Å². The molecule has 3 aromatic rings. The number of nitrogens with one attached hydrogen (secondary N) is 1. The van der Waals surface area contributed by atoms with Crippen molar-refractivity contribution >= 4 is 16.7 Å². The summed E-state index contributed by atoms with van der Waals surface area (Å²) in [6.07, 6.45) is -0.974. The van der Waals surface area contributed by atoms with Gasteiger partial charge in [-0.2, -0.15) is 5.26 Å². The number of ether oxygens (including phenoxy) is 1. The second-order valence-corrected chi connectivity index (χ2v) is 7.53. The van der Waals surface area contributed by atoms with Gasteiger partial charge in [-0.25, -0.2) is 0 Å². The van der Waals surface area contributed by atoms with Crippen molar-refractivity contribution in [1.29, 1.82) is 5.26 Å². The quantitative estimate of drug-likeness (QED) is 0.718. The van der Waals surface area contributed by atoms with Crippen LogP contribution >= 0.6 is 0 Å². The van der Waals surface area contributed by atoms with Crippen LogP contribution < -0.4 is 10.1 Å². The third-order valence-corrected chi connectivity index (χ3v) is 5.17. The van der Waals surface area contributed by atoms with Crippen molar-refractivity contribution in [2.75, 3.05) is 0 Å². The van der Waals surface area contributed by atoms with Gasteiger partial charge in [0.05, 0.1) is 17.7 Å². The second-order valence-electron chi connectivity index (χ2n) is 7.53. The molecule has 4 rings (SSSR count). The largest absolute Gasteiger partial charge is 0.485 e. The van der Waals surface area contributed by atoms with Gasteiger partial charge in [-0.1, -0.05) is 30.3 Å². The number of rotatable bonds is 2. The van der Waals surface area contributed by atoms with Crippen LogP contribution in [0.1, 0.15) is 41.4 Å². The SMILES string of the molecule is CC1(C)Oc2ccc(C#N)cc2C(NC(=O)c2ccc3ccccc3c2)[C@@H]1O. The van der Waals surface area contributed by atoms with Crippen LogP contribution in [0.25, 0.3) is 10.8 Å². The van der Waals surface area contributed by atoms with Gasteiger partial charge in [0, 0.05) is 11.1 Å². The van der Waals surface area contributed by atoms with Crippen molar-refractivity contribution in [3.63, 3.8) is 0 Å². The normalized spacial score (nSPS) is 19.9. The highest BCUT2D eigenvalue weighted by Crippen LogP contribution is 2.40. The van der Waals surface area contributed by atoms with Crippen molar-refractivity contribution in [3.05, 3.63) is 77.4 Å². The zero-order valence-corrected chi connectivity index (χ0v) is 15.6. The topological polar surface area (TPSA) is 82.3 Å². The van der Waals surface area contributed by atoms with Crippen LogP contribution in [0.5, 0.6) is 5.75 Å². The number of hydrogen-bond donors (Lipinski definition) is 2. The number of nitrogens with zero attached hydrogens (tertiary/aromatic N) is 1. The zero-order valence-electron chi connectivity index (χ0n) is 15.6. The zero-order chi connectivity index (χ0) is 19.9. The lowest BCUT2D eigenvalue weighted by molar-refractivity contribution is -0.0627. The summed E-state index contributed by atoms with van der Waals surface area (Å²) in [4.78, 5) is 12.9. The summed E-state index contributed by atoms with van der Waals surface area (Å²) >= 11 is 0. The van der Waals surface area contributed by atoms with E-state index in [9.17, 15) is 15.2 Å². The monoisotopic (exact) mass is 372 g/mol. The number of nitriles is 1. The Bertz CT molecular complexity index is 1110. The molecule has 1 aliphatic heterocycles. The Kier molecular flexibility index (Phi) is 4.29. The molecular weight excluding hydrogens is 352 g/mol. The van der Waals surface area contributed by atoms with Crippen molar-refractivity contribution in [2.24, 2.45) is 0 Å². The van der Waals surface area contributed by atoms with Gasteiger partial charge in [0.15, 0.2) is 0 Å². The van der Waals surface area contributed by atoms with E-state index in [-0.39, 0.29) is 5.91 Å². The van der Waals surface area contributed by atoms with E-state index in [1.54, 1.807) is 38.1 Å². The summed E-state index contributed by atoms with van der Waals surface area (Å²) < 4.78 is 5.90. The molecule has 2 atom stereocenters. The fourth-order valence-corrected chi connectivity index (χ4v) is 3.58. The predicted molar refractivity (Wildman–Crippen MR) is 106 cm³/mol. The van der Waals surface area contributed by atoms with Crippen LogP contribution in [0, 0.1) is 11.3 Å². The summed E-state index contributed by atoms with van der Waals surface area (Å²) in [6, 6.07) is 19.7. The lowest BCUT2D eigenvalue weighted by Gasteiger charge is -2.42. The fourth-order valence-electron chi connectivity index (χ4n) is 3.58. The van der Waals surface area contributed by atoms with Crippen molar-refractivity contribution in [3.8, 4) is 11.8 Å². The maximum Gasteiger partial charge on any atom is 0.251 e. The Morgan fingerprint density at radius 3 is 2.61 bits per heavy atom. The molecule has 0 spiro atoms. The van der Waals surface area contributed by atoms with Gasteiger partial charge in [-0.05, 0) is 55.0 Å². The summed E-state index contributed by atoms with van der Waals surface area (Å²) in [6.45, 7) is 3.54. The molecular formula is C23H20N2O3. The summed E-state index contributed by atoms with van der Waals surface area (Å²) in [7, 11) is 0. The first-order valence-electron chi connectivity index (χ1n) is 9.10. The number of hydrogen-bond acceptors (Lipinski definition) is 4. The van der Waals surface area contributed by atoms with E-state index in [2.05, 4.69) is 11.4 Å². The van der Waals surface area contributed by atoms with Crippen molar-refractivity contribution in [1.82, 2.24) is 5.32 Å². The lowest BCUT2D eigenvalue weighted by Crippen LogP contribution is -2.53. The predicted octanol–water partition coefficient (Wildman–Crippen LogP) is 3.71. The Morgan fingerprint density at radius 2 is 1.86 bits per heavy atom. The maximum atomic E-state index is 12.9. The molecule has 3 aromatic carbocycles. The number of fused-ring (bicyclic) bond motifs is 2. The average Bonchev–Trinajstić information content (AvgIpc) is 2.70. The first kappa shape index (κ1) is 18.0. The van der Waals surface area contributed by atoms with Crippen LogP contribution in [0.3, 0.4) is 0 Å². The van der Waals surface area contributed by atoms with Gasteiger partial charge in [-0.3, -0.25) is 4.79 Å². The number of aliphatic hydroxyl groups is 1. The van der Waals surface area contributed by atoms with Crippen molar-refractivity contribution < 1.29 is 14.6 Å². The number of aliphatic hydroxyl groups excluding tert-OH is 1. The van der Waals surface area contributed by atoms with E-state index in [0.29, 0.717) is 22.4 Å². The fraction of sp³-hybridized carbons (Fsp3) is 0.217. The molecule has 0 aliphatic carbocycles. The third kappa shape index (κ3) is 3.08. The minimum Gasteiger partial charge on any atom is -0.485 e. The summed E-state index contributed by atoms with van der Waals surface area (Å²) in [5.41, 5.74) is 0.662. The Labute approximate surface area is 163 Å². The molecule has 5 nitrogen and oxygen atoms in total. The molecule has 0 aromatic heterocycles. The minimum atomic E-state index is -0.974. The molecule has 1 heterocycles. The number of benzene rings is 3. The van der Waals surface area contributed by atoms with E-state index in [4.69, 9.17) is 4.74 Å². The number of carbonyl (C=O) groups is 1. The maximum absolute atomic E-state index is 12.9. The van der Waals surface area contributed by atoms with Gasteiger partial charge in [0.2, 0.25) is 0 Å². The number of amides is 1. The Hall–Kier alpha value is -3.36. The molecule has 140 valence electrons. The smallest absolute Gasteiger partial charge is 0.251 e. The molecule has 0 fully saturated rings. The first-order valence-corrected chi connectivity index (χ1v) is 9.10. The number of carbonyl (C=O) groups excluding carboxylic acids is 1. The summed E-state index contributed by atoms with van der Waals surface area (Å²) in [5, 5.41) is 25.0. The molecule has 0 radical (unpaired) electrons. The Morgan fingerprint density at radius 1 is 1.11 bits per heavy atom. The van der Waals surface area contributed by atoms with E-state index < -0.39 is 17.7 Å². The molecule has 0 saturated carbocycles. The summed E-state index contributed by atoms with van der Waals surface area (Å²) in [5.74, 6) is 0.263. The highest BCUT2D eigenvalue weighted by atomic mass is 16.5. The lowest BCUT2D eigenvalue weighted by atomic mass is 9.85. The molecule has 28 heavy (non-hydrogen) atoms. The molecule has 0 saturated heterocycles. The highest BCUT2D eigenvalue weighted by molar-refractivity contribution is 5.98. The van der Waals surface area contributed by atoms with Gasteiger partial charge >= 0.3 is 0 Å². The molecule has 1 unspecified atom stereocenters. The highest BCUT2D eigenvalue weighted by Gasteiger charge is 2.43. The van der Waals surface area contributed by atoms with E-state index in [1.807, 2.05) is 36.4 Å². The molecule has 1 amide bonds.